The van der Waals surface area contributed by atoms with Crippen molar-refractivity contribution in [3.05, 3.63) is 22.7 Å². The highest BCUT2D eigenvalue weighted by Gasteiger charge is 2.24. The van der Waals surface area contributed by atoms with Gasteiger partial charge in [0.25, 0.3) is 5.56 Å². The van der Waals surface area contributed by atoms with E-state index in [1.54, 1.807) is 19.4 Å². The Morgan fingerprint density at radius 1 is 1.44 bits per heavy atom. The van der Waals surface area contributed by atoms with Crippen molar-refractivity contribution in [1.82, 2.24) is 14.9 Å². The molecule has 0 spiro atoms. The normalized spacial score (nSPS) is 23.6. The number of nitrogens with one attached hydrogen (secondary N) is 1. The molecule has 2 aliphatic heterocycles. The van der Waals surface area contributed by atoms with Crippen LogP contribution in [-0.4, -0.2) is 60.5 Å². The van der Waals surface area contributed by atoms with Crippen LogP contribution in [0.5, 0.6) is 0 Å². The molecule has 8 nitrogen and oxygen atoms in total. The van der Waals surface area contributed by atoms with Crippen LogP contribution in [0.2, 0.25) is 0 Å². The lowest BCUT2D eigenvalue weighted by Crippen LogP contribution is -2.50. The number of amides is 1. The molecule has 0 bridgehead atoms. The van der Waals surface area contributed by atoms with Crippen molar-refractivity contribution in [2.24, 2.45) is 7.05 Å². The summed E-state index contributed by atoms with van der Waals surface area (Å²) < 4.78 is 12.4. The second kappa shape index (κ2) is 8.44. The SMILES string of the molecule is Cn1ccnc(N2CCC[C@@H](NC(=O)COC[C@H]3CCCO3)C2)c1=O. The molecular weight excluding hydrogens is 324 g/mol. The van der Waals surface area contributed by atoms with Gasteiger partial charge >= 0.3 is 0 Å². The maximum Gasteiger partial charge on any atom is 0.293 e. The molecule has 1 N–H and O–H groups in total. The quantitative estimate of drug-likeness (QED) is 0.781. The minimum atomic E-state index is -0.126. The molecule has 0 saturated carbocycles. The van der Waals surface area contributed by atoms with Gasteiger partial charge in [-0.25, -0.2) is 4.98 Å². The van der Waals surface area contributed by atoms with Gasteiger partial charge < -0.3 is 24.3 Å². The molecule has 2 fully saturated rings. The zero-order valence-corrected chi connectivity index (χ0v) is 14.6. The number of carbonyl (C=O) groups is 1. The van der Waals surface area contributed by atoms with Crippen LogP contribution in [0.15, 0.2) is 17.2 Å². The molecular formula is C17H26N4O4. The van der Waals surface area contributed by atoms with E-state index in [4.69, 9.17) is 9.47 Å². The van der Waals surface area contributed by atoms with Crippen LogP contribution in [0.4, 0.5) is 5.82 Å². The minimum absolute atomic E-state index is 0.000655. The van der Waals surface area contributed by atoms with Crippen LogP contribution in [0.1, 0.15) is 25.7 Å². The summed E-state index contributed by atoms with van der Waals surface area (Å²) in [6.07, 6.45) is 7.24. The molecule has 0 radical (unpaired) electrons. The Hall–Kier alpha value is -1.93. The van der Waals surface area contributed by atoms with Gasteiger partial charge in [-0.05, 0) is 25.7 Å². The van der Waals surface area contributed by atoms with Crippen LogP contribution in [-0.2, 0) is 21.3 Å². The molecule has 138 valence electrons. The number of aryl methyl sites for hydroxylation is 1. The van der Waals surface area contributed by atoms with Gasteiger partial charge in [-0.15, -0.1) is 0 Å². The standard InChI is InChI=1S/C17H26N4O4/c1-20-8-6-18-16(17(20)23)21-7-2-4-13(10-21)19-15(22)12-24-11-14-5-3-9-25-14/h6,8,13-14H,2-5,7,9-12H2,1H3,(H,19,22)/t13-,14-/m1/s1. The van der Waals surface area contributed by atoms with E-state index >= 15 is 0 Å². The number of ether oxygens (including phenoxy) is 2. The van der Waals surface area contributed by atoms with Crippen molar-refractivity contribution in [2.45, 2.75) is 37.8 Å². The Morgan fingerprint density at radius 3 is 3.12 bits per heavy atom. The van der Waals surface area contributed by atoms with E-state index in [0.717, 1.165) is 38.8 Å². The number of hydrogen-bond acceptors (Lipinski definition) is 6. The molecule has 25 heavy (non-hydrogen) atoms. The number of aromatic nitrogens is 2. The van der Waals surface area contributed by atoms with E-state index in [1.165, 1.54) is 4.57 Å². The summed E-state index contributed by atoms with van der Waals surface area (Å²) in [7, 11) is 1.71. The zero-order valence-electron chi connectivity index (χ0n) is 14.6. The number of anilines is 1. The van der Waals surface area contributed by atoms with Gasteiger partial charge in [0.05, 0.1) is 12.7 Å². The first-order valence-electron chi connectivity index (χ1n) is 8.89. The topological polar surface area (TPSA) is 85.7 Å². The molecule has 1 aromatic rings. The smallest absolute Gasteiger partial charge is 0.293 e. The Balaban J connectivity index is 1.47. The summed E-state index contributed by atoms with van der Waals surface area (Å²) in [6.45, 7) is 2.65. The summed E-state index contributed by atoms with van der Waals surface area (Å²) in [5.74, 6) is 0.317. The third-order valence-corrected chi connectivity index (χ3v) is 4.65. The van der Waals surface area contributed by atoms with E-state index < -0.39 is 0 Å². The lowest BCUT2D eigenvalue weighted by atomic mass is 10.1. The van der Waals surface area contributed by atoms with Crippen LogP contribution in [0, 0.1) is 0 Å². The number of carbonyl (C=O) groups excluding carboxylic acids is 1. The number of rotatable bonds is 6. The van der Waals surface area contributed by atoms with Crippen LogP contribution >= 0.6 is 0 Å². The summed E-state index contributed by atoms with van der Waals surface area (Å²) in [5.41, 5.74) is -0.116. The van der Waals surface area contributed by atoms with E-state index in [0.29, 0.717) is 19.0 Å². The van der Waals surface area contributed by atoms with Crippen molar-refractivity contribution in [2.75, 3.05) is 37.8 Å². The maximum atomic E-state index is 12.2. The highest BCUT2D eigenvalue weighted by Crippen LogP contribution is 2.15. The predicted molar refractivity (Wildman–Crippen MR) is 92.6 cm³/mol. The first kappa shape index (κ1) is 17.9. The largest absolute Gasteiger partial charge is 0.376 e. The van der Waals surface area contributed by atoms with Crippen molar-refractivity contribution in [3.8, 4) is 0 Å². The van der Waals surface area contributed by atoms with Gasteiger partial charge in [-0.3, -0.25) is 9.59 Å². The fourth-order valence-electron chi connectivity index (χ4n) is 3.32. The predicted octanol–water partition coefficient (Wildman–Crippen LogP) is 0.0609. The van der Waals surface area contributed by atoms with E-state index in [9.17, 15) is 9.59 Å². The van der Waals surface area contributed by atoms with Gasteiger partial charge in [0.2, 0.25) is 5.91 Å². The molecule has 2 saturated heterocycles. The van der Waals surface area contributed by atoms with E-state index in [1.807, 2.05) is 4.90 Å². The van der Waals surface area contributed by atoms with Gasteiger partial charge in [-0.1, -0.05) is 0 Å². The molecule has 0 aliphatic carbocycles. The molecule has 0 aromatic carbocycles. The third kappa shape index (κ3) is 4.79. The fourth-order valence-corrected chi connectivity index (χ4v) is 3.32. The number of nitrogens with zero attached hydrogens (tertiary/aromatic N) is 3. The Kier molecular flexibility index (Phi) is 6.04. The minimum Gasteiger partial charge on any atom is -0.376 e. The summed E-state index contributed by atoms with van der Waals surface area (Å²) >= 11 is 0. The first-order chi connectivity index (χ1) is 12.1. The molecule has 3 rings (SSSR count). The molecule has 8 heteroatoms. The van der Waals surface area contributed by atoms with Crippen molar-refractivity contribution >= 4 is 11.7 Å². The fraction of sp³-hybridized carbons (Fsp3) is 0.706. The average Bonchev–Trinajstić information content (AvgIpc) is 3.11. The van der Waals surface area contributed by atoms with Crippen molar-refractivity contribution in [3.63, 3.8) is 0 Å². The lowest BCUT2D eigenvalue weighted by Gasteiger charge is -2.33. The van der Waals surface area contributed by atoms with E-state index in [-0.39, 0.29) is 30.2 Å². The van der Waals surface area contributed by atoms with Crippen LogP contribution < -0.4 is 15.8 Å². The monoisotopic (exact) mass is 350 g/mol. The highest BCUT2D eigenvalue weighted by atomic mass is 16.5. The van der Waals surface area contributed by atoms with Crippen LogP contribution in [0.25, 0.3) is 0 Å². The van der Waals surface area contributed by atoms with Gasteiger partial charge in [0.15, 0.2) is 5.82 Å². The van der Waals surface area contributed by atoms with Crippen molar-refractivity contribution in [1.29, 1.82) is 0 Å². The molecule has 2 aliphatic rings. The Labute approximate surface area is 147 Å². The molecule has 1 amide bonds. The number of piperidine rings is 1. The Morgan fingerprint density at radius 2 is 2.32 bits per heavy atom. The van der Waals surface area contributed by atoms with E-state index in [2.05, 4.69) is 10.3 Å². The van der Waals surface area contributed by atoms with Crippen LogP contribution in [0.3, 0.4) is 0 Å². The number of hydrogen-bond donors (Lipinski definition) is 1. The third-order valence-electron chi connectivity index (χ3n) is 4.65. The molecule has 3 heterocycles. The second-order valence-corrected chi connectivity index (χ2v) is 6.67. The summed E-state index contributed by atoms with van der Waals surface area (Å²) in [6, 6.07) is -0.000655. The highest BCUT2D eigenvalue weighted by molar-refractivity contribution is 5.77. The van der Waals surface area contributed by atoms with Crippen molar-refractivity contribution < 1.29 is 14.3 Å². The molecule has 0 unspecified atom stereocenters. The summed E-state index contributed by atoms with van der Waals surface area (Å²) in [5, 5.41) is 3.00. The maximum absolute atomic E-state index is 12.2. The van der Waals surface area contributed by atoms with Gasteiger partial charge in [-0.2, -0.15) is 0 Å². The average molecular weight is 350 g/mol. The second-order valence-electron chi connectivity index (χ2n) is 6.67. The summed E-state index contributed by atoms with van der Waals surface area (Å²) in [4.78, 5) is 30.4. The molecule has 2 atom stereocenters. The van der Waals surface area contributed by atoms with Gasteiger partial charge in [0.1, 0.15) is 6.61 Å². The van der Waals surface area contributed by atoms with Gasteiger partial charge in [0, 0.05) is 45.2 Å². The lowest BCUT2D eigenvalue weighted by molar-refractivity contribution is -0.127. The zero-order chi connectivity index (χ0) is 17.6. The molecule has 1 aromatic heterocycles. The Bertz CT molecular complexity index is 642. The first-order valence-corrected chi connectivity index (χ1v) is 8.89.